The van der Waals surface area contributed by atoms with E-state index in [1.165, 1.54) is 12.1 Å². The van der Waals surface area contributed by atoms with E-state index < -0.39 is 34.4 Å². The van der Waals surface area contributed by atoms with Crippen LogP contribution in [0.5, 0.6) is 0 Å². The number of carbonyl (C=O) groups is 3. The zero-order valence-corrected chi connectivity index (χ0v) is 16.7. The molecule has 1 aromatic carbocycles. The Kier molecular flexibility index (Phi) is 7.14. The average Bonchev–Trinajstić information content (AvgIpc) is 3.01. The van der Waals surface area contributed by atoms with Gasteiger partial charge in [0.1, 0.15) is 0 Å². The lowest BCUT2D eigenvalue weighted by Gasteiger charge is -2.20. The Hall–Kier alpha value is -2.46. The van der Waals surface area contributed by atoms with Gasteiger partial charge in [0.2, 0.25) is 15.9 Å². The molecule has 10 heteroatoms. The molecular weight excluding hydrogens is 386 g/mol. The quantitative estimate of drug-likeness (QED) is 0.568. The van der Waals surface area contributed by atoms with E-state index >= 15 is 0 Å². The Morgan fingerprint density at radius 2 is 1.93 bits per heavy atom. The number of benzene rings is 1. The summed E-state index contributed by atoms with van der Waals surface area (Å²) >= 11 is 0. The number of sulfonamides is 1. The largest absolute Gasteiger partial charge is 0.455 e. The third kappa shape index (κ3) is 6.03. The molecule has 0 saturated carbocycles. The second-order valence-corrected chi connectivity index (χ2v) is 8.50. The van der Waals surface area contributed by atoms with E-state index in [4.69, 9.17) is 9.88 Å². The Morgan fingerprint density at radius 1 is 1.29 bits per heavy atom. The molecule has 1 fully saturated rings. The molecule has 1 aromatic rings. The van der Waals surface area contributed by atoms with E-state index in [0.29, 0.717) is 19.5 Å². The number of nitrogens with two attached hydrogens (primary N) is 1. The van der Waals surface area contributed by atoms with Gasteiger partial charge in [0.15, 0.2) is 6.61 Å². The van der Waals surface area contributed by atoms with Crippen LogP contribution in [0.2, 0.25) is 0 Å². The molecule has 0 bridgehead atoms. The molecule has 1 aliphatic heterocycles. The Bertz CT molecular complexity index is 835. The number of esters is 1. The van der Waals surface area contributed by atoms with Crippen molar-refractivity contribution in [2.45, 2.75) is 37.6 Å². The molecule has 2 amide bonds. The van der Waals surface area contributed by atoms with E-state index in [1.54, 1.807) is 17.0 Å². The Labute approximate surface area is 164 Å². The van der Waals surface area contributed by atoms with Crippen LogP contribution in [0.1, 0.15) is 25.8 Å². The molecule has 154 valence electrons. The van der Waals surface area contributed by atoms with Gasteiger partial charge in [-0.2, -0.15) is 0 Å². The molecule has 0 aromatic heterocycles. The predicted molar refractivity (Wildman–Crippen MR) is 100 cm³/mol. The minimum absolute atomic E-state index is 0.0209. The number of primary sulfonamides is 1. The van der Waals surface area contributed by atoms with Crippen LogP contribution in [0.15, 0.2) is 29.2 Å². The monoisotopic (exact) mass is 411 g/mol. The number of nitrogens with one attached hydrogen (secondary N) is 1. The molecule has 1 heterocycles. The summed E-state index contributed by atoms with van der Waals surface area (Å²) in [6.07, 6.45) is 0.582. The Balaban J connectivity index is 1.70. The number of rotatable bonds is 8. The fraction of sp³-hybridized carbons (Fsp3) is 0.500. The van der Waals surface area contributed by atoms with Gasteiger partial charge in [-0.1, -0.05) is 12.1 Å². The third-order valence-corrected chi connectivity index (χ3v) is 5.38. The zero-order valence-electron chi connectivity index (χ0n) is 15.9. The minimum Gasteiger partial charge on any atom is -0.455 e. The average molecular weight is 411 g/mol. The van der Waals surface area contributed by atoms with Crippen molar-refractivity contribution in [1.29, 1.82) is 0 Å². The molecule has 0 spiro atoms. The van der Waals surface area contributed by atoms with Crippen molar-refractivity contribution < 1.29 is 27.5 Å². The summed E-state index contributed by atoms with van der Waals surface area (Å²) in [6.45, 7) is 3.96. The highest BCUT2D eigenvalue weighted by Crippen LogP contribution is 2.21. The van der Waals surface area contributed by atoms with E-state index in [-0.39, 0.29) is 23.3 Å². The number of likely N-dealkylation sites (tertiary alicyclic amines) is 1. The minimum atomic E-state index is -3.73. The summed E-state index contributed by atoms with van der Waals surface area (Å²) in [5.74, 6) is -1.63. The normalized spacial score (nSPS) is 17.1. The number of ether oxygens (including phenoxy) is 1. The number of nitrogens with zero attached hydrogens (tertiary/aromatic N) is 1. The standard InChI is InChI=1S/C18H25N3O6S/c1-12(2)21-10-14(9-17(21)23)18(24)27-11-16(22)20-8-7-13-3-5-15(6-4-13)28(19,25)26/h3-6,12,14H,7-11H2,1-2H3,(H,20,22)(H2,19,25,26). The van der Waals surface area contributed by atoms with Crippen molar-refractivity contribution in [2.75, 3.05) is 19.7 Å². The fourth-order valence-corrected chi connectivity index (χ4v) is 3.40. The van der Waals surface area contributed by atoms with Gasteiger partial charge in [-0.3, -0.25) is 14.4 Å². The second kappa shape index (κ2) is 9.16. The first-order chi connectivity index (χ1) is 13.1. The maximum atomic E-state index is 12.0. The third-order valence-electron chi connectivity index (χ3n) is 4.45. The van der Waals surface area contributed by atoms with Crippen LogP contribution in [0.3, 0.4) is 0 Å². The van der Waals surface area contributed by atoms with Gasteiger partial charge in [0.25, 0.3) is 5.91 Å². The second-order valence-electron chi connectivity index (χ2n) is 6.94. The van der Waals surface area contributed by atoms with Crippen LogP contribution in [-0.4, -0.2) is 56.8 Å². The molecule has 1 unspecified atom stereocenters. The van der Waals surface area contributed by atoms with E-state index in [9.17, 15) is 22.8 Å². The molecule has 28 heavy (non-hydrogen) atoms. The number of carbonyl (C=O) groups excluding carboxylic acids is 3. The smallest absolute Gasteiger partial charge is 0.311 e. The van der Waals surface area contributed by atoms with Gasteiger partial charge in [0.05, 0.1) is 10.8 Å². The van der Waals surface area contributed by atoms with Crippen molar-refractivity contribution in [3.05, 3.63) is 29.8 Å². The molecule has 9 nitrogen and oxygen atoms in total. The maximum Gasteiger partial charge on any atom is 0.311 e. The topological polar surface area (TPSA) is 136 Å². The molecular formula is C18H25N3O6S. The van der Waals surface area contributed by atoms with Crippen LogP contribution >= 0.6 is 0 Å². The molecule has 0 aliphatic carbocycles. The number of amides is 2. The van der Waals surface area contributed by atoms with Crippen LogP contribution in [0.4, 0.5) is 0 Å². The predicted octanol–water partition coefficient (Wildman–Crippen LogP) is -0.207. The first-order valence-electron chi connectivity index (χ1n) is 8.92. The van der Waals surface area contributed by atoms with Gasteiger partial charge in [-0.25, -0.2) is 13.6 Å². The molecule has 0 radical (unpaired) electrons. The van der Waals surface area contributed by atoms with Gasteiger partial charge >= 0.3 is 5.97 Å². The van der Waals surface area contributed by atoms with E-state index in [1.807, 2.05) is 13.8 Å². The van der Waals surface area contributed by atoms with Crippen molar-refractivity contribution in [2.24, 2.45) is 11.1 Å². The molecule has 1 atom stereocenters. The maximum absolute atomic E-state index is 12.0. The molecule has 3 N–H and O–H groups in total. The van der Waals surface area contributed by atoms with Crippen molar-refractivity contribution in [3.8, 4) is 0 Å². The summed E-state index contributed by atoms with van der Waals surface area (Å²) < 4.78 is 27.4. The fourth-order valence-electron chi connectivity index (χ4n) is 2.89. The Morgan fingerprint density at radius 3 is 2.46 bits per heavy atom. The molecule has 1 saturated heterocycles. The molecule has 2 rings (SSSR count). The van der Waals surface area contributed by atoms with Crippen molar-refractivity contribution >= 4 is 27.8 Å². The summed E-state index contributed by atoms with van der Waals surface area (Å²) in [4.78, 5) is 37.3. The van der Waals surface area contributed by atoms with E-state index in [0.717, 1.165) is 5.56 Å². The highest BCUT2D eigenvalue weighted by molar-refractivity contribution is 7.89. The highest BCUT2D eigenvalue weighted by atomic mass is 32.2. The van der Waals surface area contributed by atoms with Gasteiger partial charge in [-0.05, 0) is 38.0 Å². The molecule has 1 aliphatic rings. The van der Waals surface area contributed by atoms with Crippen LogP contribution < -0.4 is 10.5 Å². The first kappa shape index (κ1) is 21.8. The van der Waals surface area contributed by atoms with Crippen LogP contribution in [-0.2, 0) is 35.6 Å². The van der Waals surface area contributed by atoms with E-state index in [2.05, 4.69) is 5.32 Å². The van der Waals surface area contributed by atoms with Gasteiger partial charge in [0, 0.05) is 25.6 Å². The van der Waals surface area contributed by atoms with Gasteiger partial charge < -0.3 is 15.0 Å². The number of hydrogen-bond donors (Lipinski definition) is 2. The van der Waals surface area contributed by atoms with Gasteiger partial charge in [-0.15, -0.1) is 0 Å². The SMILES string of the molecule is CC(C)N1CC(C(=O)OCC(=O)NCCc2ccc(S(N)(=O)=O)cc2)CC1=O. The zero-order chi connectivity index (χ0) is 20.9. The summed E-state index contributed by atoms with van der Waals surface area (Å²) in [5.41, 5.74) is 0.822. The summed E-state index contributed by atoms with van der Waals surface area (Å²) in [6, 6.07) is 6.05. The van der Waals surface area contributed by atoms with Crippen LogP contribution in [0, 0.1) is 5.92 Å². The van der Waals surface area contributed by atoms with Crippen molar-refractivity contribution in [3.63, 3.8) is 0 Å². The van der Waals surface area contributed by atoms with Crippen molar-refractivity contribution in [1.82, 2.24) is 10.2 Å². The lowest BCUT2D eigenvalue weighted by molar-refractivity contribution is -0.152. The lowest BCUT2D eigenvalue weighted by Crippen LogP contribution is -2.34. The lowest BCUT2D eigenvalue weighted by atomic mass is 10.1. The summed E-state index contributed by atoms with van der Waals surface area (Å²) in [5, 5.41) is 7.65. The summed E-state index contributed by atoms with van der Waals surface area (Å²) in [7, 11) is -3.73. The highest BCUT2D eigenvalue weighted by Gasteiger charge is 2.36. The first-order valence-corrected chi connectivity index (χ1v) is 10.5. The van der Waals surface area contributed by atoms with Crippen LogP contribution in [0.25, 0.3) is 0 Å². The number of hydrogen-bond acceptors (Lipinski definition) is 6.